The van der Waals surface area contributed by atoms with Gasteiger partial charge in [-0.25, -0.2) is 4.79 Å². The number of nitrogens with one attached hydrogen (secondary N) is 2. The van der Waals surface area contributed by atoms with Gasteiger partial charge >= 0.3 is 5.97 Å². The SMILES string of the molecule is CC(C)C(C)NC(=O)COC(=O)c1cc(C2CC2)[nH]n1. The molecule has 1 heterocycles. The van der Waals surface area contributed by atoms with E-state index in [0.29, 0.717) is 11.8 Å². The third-order valence-electron chi connectivity index (χ3n) is 3.55. The highest BCUT2D eigenvalue weighted by Crippen LogP contribution is 2.38. The number of hydrogen-bond donors (Lipinski definition) is 2. The molecule has 1 aliphatic rings. The zero-order valence-electron chi connectivity index (χ0n) is 12.1. The van der Waals surface area contributed by atoms with E-state index in [1.807, 2.05) is 20.8 Å². The highest BCUT2D eigenvalue weighted by Gasteiger charge is 2.27. The Balaban J connectivity index is 1.77. The van der Waals surface area contributed by atoms with Gasteiger partial charge < -0.3 is 10.1 Å². The molecule has 2 N–H and O–H groups in total. The molecule has 1 aromatic rings. The van der Waals surface area contributed by atoms with Gasteiger partial charge in [-0.1, -0.05) is 13.8 Å². The number of H-pyrrole nitrogens is 1. The maximum Gasteiger partial charge on any atom is 0.359 e. The van der Waals surface area contributed by atoms with E-state index in [-0.39, 0.29) is 24.2 Å². The van der Waals surface area contributed by atoms with Gasteiger partial charge in [-0.15, -0.1) is 0 Å². The number of nitrogens with zero attached hydrogens (tertiary/aromatic N) is 1. The molecule has 0 aromatic carbocycles. The molecular weight excluding hydrogens is 258 g/mol. The first-order valence-corrected chi connectivity index (χ1v) is 6.99. The fraction of sp³-hybridized carbons (Fsp3) is 0.643. The van der Waals surface area contributed by atoms with Crippen LogP contribution < -0.4 is 5.32 Å². The van der Waals surface area contributed by atoms with Crippen LogP contribution in [0.3, 0.4) is 0 Å². The van der Waals surface area contributed by atoms with Crippen LogP contribution in [0.5, 0.6) is 0 Å². The first kappa shape index (κ1) is 14.6. The summed E-state index contributed by atoms with van der Waals surface area (Å²) in [4.78, 5) is 23.3. The molecule has 110 valence electrons. The molecule has 1 amide bonds. The molecule has 6 nitrogen and oxygen atoms in total. The van der Waals surface area contributed by atoms with Crippen molar-refractivity contribution in [1.82, 2.24) is 15.5 Å². The Morgan fingerprint density at radius 2 is 2.15 bits per heavy atom. The van der Waals surface area contributed by atoms with Crippen molar-refractivity contribution in [3.05, 3.63) is 17.5 Å². The van der Waals surface area contributed by atoms with Crippen molar-refractivity contribution in [2.24, 2.45) is 5.92 Å². The van der Waals surface area contributed by atoms with E-state index in [1.54, 1.807) is 6.07 Å². The monoisotopic (exact) mass is 279 g/mol. The Labute approximate surface area is 118 Å². The van der Waals surface area contributed by atoms with Crippen molar-refractivity contribution in [1.29, 1.82) is 0 Å². The number of carbonyl (C=O) groups is 2. The number of amides is 1. The Bertz CT molecular complexity index is 492. The topological polar surface area (TPSA) is 84.1 Å². The van der Waals surface area contributed by atoms with E-state index >= 15 is 0 Å². The Hall–Kier alpha value is -1.85. The number of carbonyl (C=O) groups excluding carboxylic acids is 2. The van der Waals surface area contributed by atoms with Gasteiger partial charge in [0.2, 0.25) is 0 Å². The lowest BCUT2D eigenvalue weighted by molar-refractivity contribution is -0.125. The number of hydrogen-bond acceptors (Lipinski definition) is 4. The zero-order valence-corrected chi connectivity index (χ0v) is 12.1. The zero-order chi connectivity index (χ0) is 14.7. The largest absolute Gasteiger partial charge is 0.451 e. The molecule has 0 aliphatic heterocycles. The first-order chi connectivity index (χ1) is 9.47. The summed E-state index contributed by atoms with van der Waals surface area (Å²) in [6.45, 7) is 5.67. The van der Waals surface area contributed by atoms with Gasteiger partial charge in [-0.2, -0.15) is 5.10 Å². The van der Waals surface area contributed by atoms with Crippen LogP contribution in [0.2, 0.25) is 0 Å². The summed E-state index contributed by atoms with van der Waals surface area (Å²) in [5.74, 6) is -0.0284. The second-order valence-electron chi connectivity index (χ2n) is 5.66. The van der Waals surface area contributed by atoms with E-state index < -0.39 is 5.97 Å². The van der Waals surface area contributed by atoms with Crippen molar-refractivity contribution in [3.63, 3.8) is 0 Å². The summed E-state index contributed by atoms with van der Waals surface area (Å²) >= 11 is 0. The highest BCUT2D eigenvalue weighted by molar-refractivity contribution is 5.89. The van der Waals surface area contributed by atoms with Crippen LogP contribution in [0.25, 0.3) is 0 Å². The average molecular weight is 279 g/mol. The lowest BCUT2D eigenvalue weighted by Crippen LogP contribution is -2.38. The summed E-state index contributed by atoms with van der Waals surface area (Å²) < 4.78 is 4.95. The van der Waals surface area contributed by atoms with Gasteiger partial charge in [-0.3, -0.25) is 9.89 Å². The molecule has 20 heavy (non-hydrogen) atoms. The number of aromatic nitrogens is 2. The second-order valence-corrected chi connectivity index (χ2v) is 5.66. The maximum atomic E-state index is 11.7. The fourth-order valence-electron chi connectivity index (χ4n) is 1.71. The van der Waals surface area contributed by atoms with E-state index in [2.05, 4.69) is 15.5 Å². The molecule has 0 bridgehead atoms. The second kappa shape index (κ2) is 6.07. The van der Waals surface area contributed by atoms with Crippen molar-refractivity contribution < 1.29 is 14.3 Å². The molecule has 6 heteroatoms. The minimum atomic E-state index is -0.569. The van der Waals surface area contributed by atoms with Gasteiger partial charge in [0.25, 0.3) is 5.91 Å². The van der Waals surface area contributed by atoms with Gasteiger partial charge in [0.1, 0.15) is 0 Å². The summed E-state index contributed by atoms with van der Waals surface area (Å²) in [6.07, 6.45) is 2.26. The molecule has 0 saturated heterocycles. The number of rotatable bonds is 6. The minimum Gasteiger partial charge on any atom is -0.451 e. The van der Waals surface area contributed by atoms with E-state index in [1.165, 1.54) is 0 Å². The molecule has 1 aromatic heterocycles. The van der Waals surface area contributed by atoms with E-state index in [0.717, 1.165) is 18.5 Å². The summed E-state index contributed by atoms with van der Waals surface area (Å²) in [5, 5.41) is 9.52. The summed E-state index contributed by atoms with van der Waals surface area (Å²) in [5.41, 5.74) is 1.20. The Kier molecular flexibility index (Phi) is 4.42. The van der Waals surface area contributed by atoms with Gasteiger partial charge in [0.15, 0.2) is 12.3 Å². The van der Waals surface area contributed by atoms with Gasteiger partial charge in [0.05, 0.1) is 0 Å². The third kappa shape index (κ3) is 3.82. The molecule has 1 saturated carbocycles. The highest BCUT2D eigenvalue weighted by atomic mass is 16.5. The normalized spacial score (nSPS) is 16.0. The van der Waals surface area contributed by atoms with Crippen molar-refractivity contribution >= 4 is 11.9 Å². The number of aromatic amines is 1. The smallest absolute Gasteiger partial charge is 0.359 e. The molecule has 0 spiro atoms. The quantitative estimate of drug-likeness (QED) is 0.775. The molecule has 0 radical (unpaired) electrons. The van der Waals surface area contributed by atoms with Crippen LogP contribution in [-0.4, -0.2) is 34.7 Å². The van der Waals surface area contributed by atoms with Crippen molar-refractivity contribution in [2.75, 3.05) is 6.61 Å². The van der Waals surface area contributed by atoms with E-state index in [9.17, 15) is 9.59 Å². The van der Waals surface area contributed by atoms with E-state index in [4.69, 9.17) is 4.74 Å². The van der Waals surface area contributed by atoms with Crippen LogP contribution in [0.4, 0.5) is 0 Å². The molecule has 1 unspecified atom stereocenters. The summed E-state index contributed by atoms with van der Waals surface area (Å²) in [7, 11) is 0. The van der Waals surface area contributed by atoms with Gasteiger partial charge in [0, 0.05) is 17.7 Å². The van der Waals surface area contributed by atoms with Crippen LogP contribution in [0.15, 0.2) is 6.07 Å². The predicted octanol–water partition coefficient (Wildman–Crippen LogP) is 1.60. The lowest BCUT2D eigenvalue weighted by Gasteiger charge is -2.17. The first-order valence-electron chi connectivity index (χ1n) is 6.99. The van der Waals surface area contributed by atoms with Gasteiger partial charge in [-0.05, 0) is 31.7 Å². The average Bonchev–Trinajstić information content (AvgIpc) is 3.13. The fourth-order valence-corrected chi connectivity index (χ4v) is 1.71. The van der Waals surface area contributed by atoms with Crippen LogP contribution in [-0.2, 0) is 9.53 Å². The molecular formula is C14H21N3O3. The molecule has 1 atom stereocenters. The standard InChI is InChI=1S/C14H21N3O3/c1-8(2)9(3)15-13(18)7-20-14(19)12-6-11(16-17-12)10-4-5-10/h6,8-10H,4-5,7H2,1-3H3,(H,15,18)(H,16,17). The van der Waals surface area contributed by atoms with Crippen LogP contribution in [0.1, 0.15) is 55.7 Å². The third-order valence-corrected chi connectivity index (χ3v) is 3.55. The van der Waals surface area contributed by atoms with Crippen LogP contribution in [0, 0.1) is 5.92 Å². The summed E-state index contributed by atoms with van der Waals surface area (Å²) in [6, 6.07) is 1.75. The Morgan fingerprint density at radius 1 is 1.45 bits per heavy atom. The molecule has 1 aliphatic carbocycles. The lowest BCUT2D eigenvalue weighted by atomic mass is 10.1. The predicted molar refractivity (Wildman–Crippen MR) is 73.3 cm³/mol. The molecule has 2 rings (SSSR count). The number of esters is 1. The van der Waals surface area contributed by atoms with Crippen molar-refractivity contribution in [3.8, 4) is 0 Å². The van der Waals surface area contributed by atoms with Crippen LogP contribution >= 0.6 is 0 Å². The molecule has 1 fully saturated rings. The maximum absolute atomic E-state index is 11.7. The Morgan fingerprint density at radius 3 is 2.75 bits per heavy atom. The number of ether oxygens (including phenoxy) is 1. The van der Waals surface area contributed by atoms with Crippen molar-refractivity contribution in [2.45, 2.75) is 45.6 Å². The minimum absolute atomic E-state index is 0.0491.